The van der Waals surface area contributed by atoms with Crippen molar-refractivity contribution in [2.75, 3.05) is 11.9 Å². The molecule has 0 radical (unpaired) electrons. The topological polar surface area (TPSA) is 77.7 Å². The lowest BCUT2D eigenvalue weighted by molar-refractivity contribution is 0.241. The highest BCUT2D eigenvalue weighted by Gasteiger charge is 2.27. The summed E-state index contributed by atoms with van der Waals surface area (Å²) >= 11 is 1.33. The summed E-state index contributed by atoms with van der Waals surface area (Å²) in [6.45, 7) is 4.01. The Morgan fingerprint density at radius 3 is 3.04 bits per heavy atom. The van der Waals surface area contributed by atoms with Crippen molar-refractivity contribution in [1.82, 2.24) is 19.9 Å². The molecule has 3 aromatic heterocycles. The summed E-state index contributed by atoms with van der Waals surface area (Å²) < 4.78 is 0. The quantitative estimate of drug-likeness (QED) is 0.719. The number of nitrogens with zero attached hydrogens (tertiary/aromatic N) is 5. The van der Waals surface area contributed by atoms with Gasteiger partial charge >= 0.3 is 0 Å². The molecule has 1 saturated heterocycles. The molecule has 0 aromatic carbocycles. The van der Waals surface area contributed by atoms with Crippen LogP contribution in [0.1, 0.15) is 40.7 Å². The zero-order chi connectivity index (χ0) is 18.6. The third-order valence-corrected chi connectivity index (χ3v) is 5.61. The van der Waals surface area contributed by atoms with Crippen LogP contribution < -0.4 is 5.32 Å². The highest BCUT2D eigenvalue weighted by molar-refractivity contribution is 7.16. The maximum absolute atomic E-state index is 8.94. The molecular formula is C20H20N6S. The van der Waals surface area contributed by atoms with Gasteiger partial charge in [-0.15, -0.1) is 0 Å². The molecule has 0 amide bonds. The van der Waals surface area contributed by atoms with E-state index in [4.69, 9.17) is 10.2 Å². The van der Waals surface area contributed by atoms with Gasteiger partial charge in [-0.25, -0.2) is 9.97 Å². The molecule has 7 heteroatoms. The van der Waals surface area contributed by atoms with Crippen LogP contribution in [0.5, 0.6) is 0 Å². The summed E-state index contributed by atoms with van der Waals surface area (Å²) in [5, 5.41) is 12.8. The number of nitriles is 1. The SMILES string of the molecule is Cc1cccnc1CN1CCCC1c1cccc(Nc2ncc(C#N)s2)n1. The number of hydrogen-bond donors (Lipinski definition) is 1. The first-order chi connectivity index (χ1) is 13.2. The molecule has 0 spiro atoms. The van der Waals surface area contributed by atoms with E-state index in [-0.39, 0.29) is 0 Å². The number of aromatic nitrogens is 3. The average molecular weight is 376 g/mol. The Morgan fingerprint density at radius 1 is 1.30 bits per heavy atom. The van der Waals surface area contributed by atoms with Crippen LogP contribution in [0.3, 0.4) is 0 Å². The van der Waals surface area contributed by atoms with Crippen LogP contribution >= 0.6 is 11.3 Å². The summed E-state index contributed by atoms with van der Waals surface area (Å²) in [7, 11) is 0. The van der Waals surface area contributed by atoms with E-state index in [1.807, 2.05) is 24.4 Å². The molecule has 136 valence electrons. The molecule has 1 fully saturated rings. The lowest BCUT2D eigenvalue weighted by Gasteiger charge is -2.24. The Labute approximate surface area is 162 Å². The highest BCUT2D eigenvalue weighted by atomic mass is 32.1. The fourth-order valence-corrected chi connectivity index (χ4v) is 4.05. The maximum Gasteiger partial charge on any atom is 0.189 e. The largest absolute Gasteiger partial charge is 0.316 e. The number of likely N-dealkylation sites (tertiary alicyclic amines) is 1. The molecule has 1 N–H and O–H groups in total. The monoisotopic (exact) mass is 376 g/mol. The van der Waals surface area contributed by atoms with Crippen molar-refractivity contribution < 1.29 is 0 Å². The van der Waals surface area contributed by atoms with Gasteiger partial charge < -0.3 is 5.32 Å². The van der Waals surface area contributed by atoms with E-state index >= 15 is 0 Å². The number of anilines is 2. The molecule has 1 aliphatic rings. The third-order valence-electron chi connectivity index (χ3n) is 4.80. The smallest absolute Gasteiger partial charge is 0.189 e. The first-order valence-corrected chi connectivity index (χ1v) is 9.79. The zero-order valence-electron chi connectivity index (χ0n) is 15.1. The van der Waals surface area contributed by atoms with Crippen molar-refractivity contribution >= 4 is 22.3 Å². The summed E-state index contributed by atoms with van der Waals surface area (Å²) in [5.41, 5.74) is 3.41. The van der Waals surface area contributed by atoms with Gasteiger partial charge in [-0.3, -0.25) is 9.88 Å². The lowest BCUT2D eigenvalue weighted by Crippen LogP contribution is -2.24. The molecule has 4 heterocycles. The van der Waals surface area contributed by atoms with Gasteiger partial charge in [0.2, 0.25) is 0 Å². The fourth-order valence-electron chi connectivity index (χ4n) is 3.43. The molecule has 6 nitrogen and oxygen atoms in total. The Morgan fingerprint density at radius 2 is 2.22 bits per heavy atom. The van der Waals surface area contributed by atoms with Crippen LogP contribution in [0.4, 0.5) is 10.9 Å². The number of thiazole rings is 1. The third kappa shape index (κ3) is 3.97. The number of rotatable bonds is 5. The van der Waals surface area contributed by atoms with Crippen LogP contribution in [-0.2, 0) is 6.54 Å². The molecule has 0 saturated carbocycles. The predicted octanol–water partition coefficient (Wildman–Crippen LogP) is 4.19. The van der Waals surface area contributed by atoms with Gasteiger partial charge in [-0.1, -0.05) is 23.5 Å². The Bertz CT molecular complexity index is 976. The second-order valence-electron chi connectivity index (χ2n) is 6.61. The van der Waals surface area contributed by atoms with E-state index in [0.29, 0.717) is 16.1 Å². The Hall–Kier alpha value is -2.82. The van der Waals surface area contributed by atoms with Crippen LogP contribution in [0.25, 0.3) is 0 Å². The van der Waals surface area contributed by atoms with Crippen molar-refractivity contribution in [2.45, 2.75) is 32.4 Å². The minimum absolute atomic E-state index is 0.291. The highest BCUT2D eigenvalue weighted by Crippen LogP contribution is 2.33. The van der Waals surface area contributed by atoms with Crippen LogP contribution in [0, 0.1) is 18.3 Å². The molecule has 3 aromatic rings. The van der Waals surface area contributed by atoms with Crippen molar-refractivity contribution in [2.24, 2.45) is 0 Å². The van der Waals surface area contributed by atoms with Crippen molar-refractivity contribution in [1.29, 1.82) is 5.26 Å². The number of pyridine rings is 2. The maximum atomic E-state index is 8.94. The Kier molecular flexibility index (Phi) is 5.10. The predicted molar refractivity (Wildman–Crippen MR) is 106 cm³/mol. The normalized spacial score (nSPS) is 17.0. The van der Waals surface area contributed by atoms with E-state index in [1.54, 1.807) is 6.20 Å². The number of aryl methyl sites for hydroxylation is 1. The summed E-state index contributed by atoms with van der Waals surface area (Å²) in [6.07, 6.45) is 5.69. The van der Waals surface area contributed by atoms with Gasteiger partial charge in [-0.2, -0.15) is 5.26 Å². The molecule has 27 heavy (non-hydrogen) atoms. The Balaban J connectivity index is 1.52. The molecule has 0 bridgehead atoms. The van der Waals surface area contributed by atoms with Gasteiger partial charge in [-0.05, 0) is 50.1 Å². The van der Waals surface area contributed by atoms with Crippen molar-refractivity contribution in [3.8, 4) is 6.07 Å². The van der Waals surface area contributed by atoms with Crippen LogP contribution in [0.15, 0.2) is 42.7 Å². The van der Waals surface area contributed by atoms with E-state index < -0.39 is 0 Å². The van der Waals surface area contributed by atoms with Crippen LogP contribution in [0.2, 0.25) is 0 Å². The van der Waals surface area contributed by atoms with Crippen molar-refractivity contribution in [3.63, 3.8) is 0 Å². The fraction of sp³-hybridized carbons (Fsp3) is 0.300. The van der Waals surface area contributed by atoms with Crippen LogP contribution in [-0.4, -0.2) is 26.4 Å². The second-order valence-corrected chi connectivity index (χ2v) is 7.64. The van der Waals surface area contributed by atoms with Gasteiger partial charge in [0.15, 0.2) is 5.13 Å². The molecule has 1 aliphatic heterocycles. The minimum atomic E-state index is 0.291. The number of nitrogens with one attached hydrogen (secondary N) is 1. The van der Waals surface area contributed by atoms with Gasteiger partial charge in [0.05, 0.1) is 23.6 Å². The summed E-state index contributed by atoms with van der Waals surface area (Å²) in [5.74, 6) is 0.757. The number of hydrogen-bond acceptors (Lipinski definition) is 7. The van der Waals surface area contributed by atoms with E-state index in [0.717, 1.165) is 43.1 Å². The molecule has 4 rings (SSSR count). The molecular weight excluding hydrogens is 356 g/mol. The second kappa shape index (κ2) is 7.82. The summed E-state index contributed by atoms with van der Waals surface area (Å²) in [4.78, 5) is 16.6. The first-order valence-electron chi connectivity index (χ1n) is 8.97. The zero-order valence-corrected chi connectivity index (χ0v) is 15.9. The lowest BCUT2D eigenvalue weighted by atomic mass is 10.1. The van der Waals surface area contributed by atoms with Crippen molar-refractivity contribution in [3.05, 3.63) is 64.6 Å². The first kappa shape index (κ1) is 17.6. The van der Waals surface area contributed by atoms with Gasteiger partial charge in [0.1, 0.15) is 16.8 Å². The van der Waals surface area contributed by atoms with Gasteiger partial charge in [0, 0.05) is 12.7 Å². The molecule has 0 aliphatic carbocycles. The average Bonchev–Trinajstić information content (AvgIpc) is 3.33. The van der Waals surface area contributed by atoms with E-state index in [9.17, 15) is 0 Å². The van der Waals surface area contributed by atoms with E-state index in [2.05, 4.69) is 45.3 Å². The van der Waals surface area contributed by atoms with E-state index in [1.165, 1.54) is 16.9 Å². The van der Waals surface area contributed by atoms with Gasteiger partial charge in [0.25, 0.3) is 0 Å². The summed E-state index contributed by atoms with van der Waals surface area (Å²) in [6, 6.07) is 12.5. The standard InChI is InChI=1S/C20H20N6S/c1-14-5-3-9-22-17(14)13-26-10-4-7-18(26)16-6-2-8-19(24-16)25-20-23-12-15(11-21)27-20/h2-3,5-6,8-9,12,18H,4,7,10,13H2,1H3,(H,23,24,25). The molecule has 1 atom stereocenters. The molecule has 1 unspecified atom stereocenters. The minimum Gasteiger partial charge on any atom is -0.316 e.